The number of aliphatic hydroxyl groups excluding tert-OH is 1. The van der Waals surface area contributed by atoms with E-state index < -0.39 is 17.5 Å². The fourth-order valence-corrected chi connectivity index (χ4v) is 3.39. The van der Waals surface area contributed by atoms with Gasteiger partial charge in [-0.3, -0.25) is 0 Å². The molecule has 1 aliphatic heterocycles. The first-order valence-electron chi connectivity index (χ1n) is 7.46. The van der Waals surface area contributed by atoms with Crippen LogP contribution in [0.1, 0.15) is 18.1 Å². The number of carboxylic acids is 1. The monoisotopic (exact) mass is 310 g/mol. The van der Waals surface area contributed by atoms with Crippen molar-refractivity contribution in [3.05, 3.63) is 83.1 Å². The van der Waals surface area contributed by atoms with E-state index in [0.29, 0.717) is 5.76 Å². The van der Waals surface area contributed by atoms with Crippen LogP contribution in [-0.2, 0) is 15.1 Å². The molecule has 0 saturated heterocycles. The summed E-state index contributed by atoms with van der Waals surface area (Å²) in [5.74, 6) is -1.40. The standard InChI is InChI=1S/C19H18O4/c1-13-17(18(21)22)16(12-20)19(23-13,14-8-4-2-5-9-14)15-10-6-3-7-11-15/h2-11,16,20H,12H2,1H3,(H,21,22). The summed E-state index contributed by atoms with van der Waals surface area (Å²) in [4.78, 5) is 11.7. The number of benzene rings is 2. The fraction of sp³-hybridized carbons (Fsp3) is 0.211. The molecule has 1 unspecified atom stereocenters. The van der Waals surface area contributed by atoms with Gasteiger partial charge in [0.1, 0.15) is 5.76 Å². The van der Waals surface area contributed by atoms with E-state index in [0.717, 1.165) is 11.1 Å². The zero-order chi connectivity index (χ0) is 16.4. The van der Waals surface area contributed by atoms with Crippen LogP contribution in [0.25, 0.3) is 0 Å². The van der Waals surface area contributed by atoms with Crippen molar-refractivity contribution in [3.63, 3.8) is 0 Å². The summed E-state index contributed by atoms with van der Waals surface area (Å²) in [6.07, 6.45) is 0. The topological polar surface area (TPSA) is 66.8 Å². The lowest BCUT2D eigenvalue weighted by atomic mass is 9.74. The summed E-state index contributed by atoms with van der Waals surface area (Å²) < 4.78 is 6.14. The van der Waals surface area contributed by atoms with Gasteiger partial charge in [0.15, 0.2) is 5.60 Å². The molecule has 3 rings (SSSR count). The Morgan fingerprint density at radius 3 is 1.91 bits per heavy atom. The van der Waals surface area contributed by atoms with E-state index in [1.807, 2.05) is 60.7 Å². The summed E-state index contributed by atoms with van der Waals surface area (Å²) in [5, 5.41) is 19.5. The van der Waals surface area contributed by atoms with Gasteiger partial charge in [0.05, 0.1) is 18.1 Å². The van der Waals surface area contributed by atoms with Gasteiger partial charge in [-0.2, -0.15) is 0 Å². The second-order valence-electron chi connectivity index (χ2n) is 5.58. The van der Waals surface area contributed by atoms with E-state index >= 15 is 0 Å². The van der Waals surface area contributed by atoms with Crippen LogP contribution >= 0.6 is 0 Å². The van der Waals surface area contributed by atoms with Crippen molar-refractivity contribution < 1.29 is 19.7 Å². The van der Waals surface area contributed by atoms with Crippen LogP contribution in [0, 0.1) is 5.92 Å². The largest absolute Gasteiger partial charge is 0.481 e. The molecule has 0 spiro atoms. The summed E-state index contributed by atoms with van der Waals surface area (Å²) in [6.45, 7) is 1.32. The van der Waals surface area contributed by atoms with Crippen molar-refractivity contribution >= 4 is 5.97 Å². The quantitative estimate of drug-likeness (QED) is 0.911. The molecule has 0 saturated carbocycles. The number of allylic oxidation sites excluding steroid dienone is 1. The van der Waals surface area contributed by atoms with E-state index in [-0.39, 0.29) is 12.2 Å². The summed E-state index contributed by atoms with van der Waals surface area (Å²) in [6, 6.07) is 18.9. The van der Waals surface area contributed by atoms with E-state index in [4.69, 9.17) is 4.74 Å². The molecule has 0 amide bonds. The van der Waals surface area contributed by atoms with E-state index in [9.17, 15) is 15.0 Å². The molecule has 2 aromatic rings. The van der Waals surface area contributed by atoms with E-state index in [1.165, 1.54) is 0 Å². The second-order valence-corrected chi connectivity index (χ2v) is 5.58. The van der Waals surface area contributed by atoms with Crippen molar-refractivity contribution in [1.29, 1.82) is 0 Å². The maximum Gasteiger partial charge on any atom is 0.335 e. The predicted molar refractivity (Wildman–Crippen MR) is 85.7 cm³/mol. The zero-order valence-corrected chi connectivity index (χ0v) is 12.8. The number of ether oxygens (including phenoxy) is 1. The summed E-state index contributed by atoms with van der Waals surface area (Å²) in [5.41, 5.74) is 0.733. The van der Waals surface area contributed by atoms with Crippen molar-refractivity contribution in [1.82, 2.24) is 0 Å². The number of hydrogen-bond acceptors (Lipinski definition) is 3. The average molecular weight is 310 g/mol. The number of carbonyl (C=O) groups is 1. The Morgan fingerprint density at radius 1 is 1.04 bits per heavy atom. The number of aliphatic hydroxyl groups is 1. The Kier molecular flexibility index (Phi) is 3.92. The van der Waals surface area contributed by atoms with Crippen LogP contribution in [0.15, 0.2) is 72.0 Å². The van der Waals surface area contributed by atoms with Crippen molar-refractivity contribution in [2.45, 2.75) is 12.5 Å². The molecule has 0 bridgehead atoms. The molecule has 1 heterocycles. The van der Waals surface area contributed by atoms with Crippen LogP contribution in [0.5, 0.6) is 0 Å². The lowest BCUT2D eigenvalue weighted by Gasteiger charge is -2.36. The number of hydrogen-bond donors (Lipinski definition) is 2. The predicted octanol–water partition coefficient (Wildman–Crippen LogP) is 2.93. The molecule has 4 nitrogen and oxygen atoms in total. The minimum atomic E-state index is -1.06. The molecule has 0 fully saturated rings. The first-order chi connectivity index (χ1) is 11.1. The van der Waals surface area contributed by atoms with Gasteiger partial charge in [-0.1, -0.05) is 60.7 Å². The lowest BCUT2D eigenvalue weighted by Crippen LogP contribution is -2.38. The molecule has 2 aromatic carbocycles. The first kappa shape index (κ1) is 15.3. The number of aliphatic carboxylic acids is 1. The molecule has 2 N–H and O–H groups in total. The third-order valence-corrected chi connectivity index (χ3v) is 4.35. The summed E-state index contributed by atoms with van der Waals surface area (Å²) >= 11 is 0. The van der Waals surface area contributed by atoms with Gasteiger partial charge in [0.2, 0.25) is 0 Å². The molecule has 0 radical (unpaired) electrons. The van der Waals surface area contributed by atoms with Gasteiger partial charge in [-0.25, -0.2) is 4.79 Å². The molecule has 4 heteroatoms. The highest BCUT2D eigenvalue weighted by molar-refractivity contribution is 5.89. The summed E-state index contributed by atoms with van der Waals surface area (Å²) in [7, 11) is 0. The highest BCUT2D eigenvalue weighted by atomic mass is 16.5. The molecule has 118 valence electrons. The van der Waals surface area contributed by atoms with Crippen LogP contribution in [-0.4, -0.2) is 22.8 Å². The molecular weight excluding hydrogens is 292 g/mol. The lowest BCUT2D eigenvalue weighted by molar-refractivity contribution is -0.133. The van der Waals surface area contributed by atoms with Gasteiger partial charge < -0.3 is 14.9 Å². The maximum atomic E-state index is 11.7. The Hall–Kier alpha value is -2.59. The Morgan fingerprint density at radius 2 is 1.52 bits per heavy atom. The zero-order valence-electron chi connectivity index (χ0n) is 12.8. The third kappa shape index (κ3) is 2.32. The van der Waals surface area contributed by atoms with E-state index in [1.54, 1.807) is 6.92 Å². The molecule has 0 aliphatic carbocycles. The Labute approximate surface area is 134 Å². The molecule has 1 aliphatic rings. The first-order valence-corrected chi connectivity index (χ1v) is 7.46. The smallest absolute Gasteiger partial charge is 0.335 e. The van der Waals surface area contributed by atoms with Crippen molar-refractivity contribution in [2.24, 2.45) is 5.92 Å². The van der Waals surface area contributed by atoms with Gasteiger partial charge in [-0.15, -0.1) is 0 Å². The maximum absolute atomic E-state index is 11.7. The minimum absolute atomic E-state index is 0.125. The van der Waals surface area contributed by atoms with Crippen molar-refractivity contribution in [2.75, 3.05) is 6.61 Å². The highest BCUT2D eigenvalue weighted by Crippen LogP contribution is 2.50. The third-order valence-electron chi connectivity index (χ3n) is 4.35. The number of rotatable bonds is 4. The second kappa shape index (κ2) is 5.89. The van der Waals surface area contributed by atoms with E-state index in [2.05, 4.69) is 0 Å². The molecule has 0 aromatic heterocycles. The fourth-order valence-electron chi connectivity index (χ4n) is 3.39. The molecule has 23 heavy (non-hydrogen) atoms. The van der Waals surface area contributed by atoms with Gasteiger partial charge >= 0.3 is 5.97 Å². The number of carboxylic acid groups (broad SMARTS) is 1. The minimum Gasteiger partial charge on any atom is -0.481 e. The average Bonchev–Trinajstić information content (AvgIpc) is 2.90. The van der Waals surface area contributed by atoms with Crippen LogP contribution in [0.4, 0.5) is 0 Å². The van der Waals surface area contributed by atoms with Gasteiger partial charge in [0.25, 0.3) is 0 Å². The highest BCUT2D eigenvalue weighted by Gasteiger charge is 2.53. The van der Waals surface area contributed by atoms with Crippen molar-refractivity contribution in [3.8, 4) is 0 Å². The SMILES string of the molecule is CC1=C(C(=O)O)C(CO)C(c2ccccc2)(c2ccccc2)O1. The van der Waals surface area contributed by atoms with Gasteiger partial charge in [0, 0.05) is 11.1 Å². The Bertz CT molecular complexity index is 695. The van der Waals surface area contributed by atoms with Gasteiger partial charge in [-0.05, 0) is 6.92 Å². The molecular formula is C19H18O4. The van der Waals surface area contributed by atoms with Crippen LogP contribution in [0.3, 0.4) is 0 Å². The van der Waals surface area contributed by atoms with Crippen LogP contribution in [0.2, 0.25) is 0 Å². The normalized spacial score (nSPS) is 19.5. The van der Waals surface area contributed by atoms with Crippen LogP contribution < -0.4 is 0 Å². The molecule has 1 atom stereocenters. The Balaban J connectivity index is 2.25.